The van der Waals surface area contributed by atoms with Gasteiger partial charge in [0.2, 0.25) is 0 Å². The maximum atomic E-state index is 8.97. The van der Waals surface area contributed by atoms with Crippen LogP contribution in [0, 0.1) is 0 Å². The van der Waals surface area contributed by atoms with Gasteiger partial charge in [0.1, 0.15) is 0 Å². The zero-order valence-electron chi connectivity index (χ0n) is 7.51. The highest BCUT2D eigenvalue weighted by Crippen LogP contribution is 2.18. The van der Waals surface area contributed by atoms with Crippen molar-refractivity contribution in [3.8, 4) is 0 Å². The van der Waals surface area contributed by atoms with Crippen LogP contribution in [0.5, 0.6) is 0 Å². The number of nitrogens with one attached hydrogen (secondary N) is 2. The van der Waals surface area contributed by atoms with Crippen molar-refractivity contribution in [1.82, 2.24) is 5.32 Å². The van der Waals surface area contributed by atoms with E-state index in [9.17, 15) is 0 Å². The Labute approximate surface area is 77.8 Å². The van der Waals surface area contributed by atoms with E-state index in [1.165, 1.54) is 5.56 Å². The van der Waals surface area contributed by atoms with Crippen molar-refractivity contribution >= 4 is 5.69 Å². The monoisotopic (exact) mass is 178 g/mol. The van der Waals surface area contributed by atoms with Crippen LogP contribution in [0.25, 0.3) is 0 Å². The Morgan fingerprint density at radius 1 is 1.31 bits per heavy atom. The first kappa shape index (κ1) is 8.53. The van der Waals surface area contributed by atoms with E-state index in [0.29, 0.717) is 0 Å². The fourth-order valence-corrected chi connectivity index (χ4v) is 1.55. The summed E-state index contributed by atoms with van der Waals surface area (Å²) >= 11 is 0. The Morgan fingerprint density at radius 2 is 2.23 bits per heavy atom. The van der Waals surface area contributed by atoms with Crippen LogP contribution in [-0.2, 0) is 13.2 Å². The van der Waals surface area contributed by atoms with Gasteiger partial charge in [-0.25, -0.2) is 0 Å². The van der Waals surface area contributed by atoms with E-state index in [2.05, 4.69) is 16.7 Å². The second-order valence-electron chi connectivity index (χ2n) is 3.25. The second kappa shape index (κ2) is 3.77. The number of fused-ring (bicyclic) bond motifs is 1. The summed E-state index contributed by atoms with van der Waals surface area (Å²) in [6, 6.07) is 6.04. The van der Waals surface area contributed by atoms with Gasteiger partial charge in [-0.2, -0.15) is 0 Å². The van der Waals surface area contributed by atoms with Crippen molar-refractivity contribution in [2.45, 2.75) is 13.2 Å². The van der Waals surface area contributed by atoms with Crippen molar-refractivity contribution in [3.05, 3.63) is 29.3 Å². The van der Waals surface area contributed by atoms with Crippen LogP contribution in [-0.4, -0.2) is 18.2 Å². The average molecular weight is 178 g/mol. The van der Waals surface area contributed by atoms with Gasteiger partial charge in [-0.3, -0.25) is 0 Å². The maximum Gasteiger partial charge on any atom is 0.0682 e. The summed E-state index contributed by atoms with van der Waals surface area (Å²) in [5.41, 5.74) is 3.39. The zero-order chi connectivity index (χ0) is 9.10. The van der Waals surface area contributed by atoms with Crippen molar-refractivity contribution < 1.29 is 5.11 Å². The first-order valence-corrected chi connectivity index (χ1v) is 4.57. The molecule has 3 heteroatoms. The number of benzene rings is 1. The number of hydrogen-bond acceptors (Lipinski definition) is 3. The molecule has 0 amide bonds. The molecule has 0 fully saturated rings. The zero-order valence-corrected chi connectivity index (χ0v) is 7.51. The van der Waals surface area contributed by atoms with Gasteiger partial charge in [0.25, 0.3) is 0 Å². The topological polar surface area (TPSA) is 44.3 Å². The lowest BCUT2D eigenvalue weighted by molar-refractivity contribution is 0.282. The Balaban J connectivity index is 2.32. The molecule has 1 aromatic rings. The number of aliphatic hydroxyl groups is 1. The lowest BCUT2D eigenvalue weighted by atomic mass is 10.1. The number of anilines is 1. The highest BCUT2D eigenvalue weighted by atomic mass is 16.3. The SMILES string of the molecule is OCc1ccc2c(c1)NCCNC2. The van der Waals surface area contributed by atoms with E-state index in [1.54, 1.807) is 0 Å². The second-order valence-corrected chi connectivity index (χ2v) is 3.25. The number of hydrogen-bond donors (Lipinski definition) is 3. The van der Waals surface area contributed by atoms with Crippen LogP contribution >= 0.6 is 0 Å². The van der Waals surface area contributed by atoms with Crippen LogP contribution < -0.4 is 10.6 Å². The molecule has 3 N–H and O–H groups in total. The molecule has 1 aliphatic rings. The fourth-order valence-electron chi connectivity index (χ4n) is 1.55. The van der Waals surface area contributed by atoms with Gasteiger partial charge in [-0.15, -0.1) is 0 Å². The van der Waals surface area contributed by atoms with E-state index >= 15 is 0 Å². The number of rotatable bonds is 1. The molecule has 2 rings (SSSR count). The lowest BCUT2D eigenvalue weighted by Crippen LogP contribution is -2.16. The van der Waals surface area contributed by atoms with Crippen LogP contribution in [0.1, 0.15) is 11.1 Å². The summed E-state index contributed by atoms with van der Waals surface area (Å²) < 4.78 is 0. The molecule has 0 spiro atoms. The molecule has 3 nitrogen and oxygen atoms in total. The van der Waals surface area contributed by atoms with E-state index in [0.717, 1.165) is 30.9 Å². The normalized spacial score (nSPS) is 15.8. The Morgan fingerprint density at radius 3 is 3.08 bits per heavy atom. The van der Waals surface area contributed by atoms with Gasteiger partial charge in [-0.05, 0) is 17.2 Å². The highest BCUT2D eigenvalue weighted by molar-refractivity contribution is 5.53. The lowest BCUT2D eigenvalue weighted by Gasteiger charge is -2.08. The third kappa shape index (κ3) is 1.82. The predicted octanol–water partition coefficient (Wildman–Crippen LogP) is 0.694. The third-order valence-electron chi connectivity index (χ3n) is 2.29. The summed E-state index contributed by atoms with van der Waals surface area (Å²) in [6.45, 7) is 2.96. The molecular weight excluding hydrogens is 164 g/mol. The molecule has 70 valence electrons. The van der Waals surface area contributed by atoms with Crippen LogP contribution in [0.15, 0.2) is 18.2 Å². The van der Waals surface area contributed by atoms with Gasteiger partial charge < -0.3 is 15.7 Å². The molecule has 0 unspecified atom stereocenters. The van der Waals surface area contributed by atoms with Gasteiger partial charge in [-0.1, -0.05) is 12.1 Å². The molecule has 0 saturated carbocycles. The van der Waals surface area contributed by atoms with Crippen molar-refractivity contribution in [2.75, 3.05) is 18.4 Å². The predicted molar refractivity (Wildman–Crippen MR) is 52.6 cm³/mol. The molecule has 0 radical (unpaired) electrons. The molecule has 0 aromatic heterocycles. The minimum absolute atomic E-state index is 0.113. The highest BCUT2D eigenvalue weighted by Gasteiger charge is 2.06. The molecule has 1 aromatic carbocycles. The molecule has 0 bridgehead atoms. The molecular formula is C10H14N2O. The Hall–Kier alpha value is -1.06. The quantitative estimate of drug-likeness (QED) is 0.593. The molecule has 0 atom stereocenters. The molecule has 0 aliphatic carbocycles. The van der Waals surface area contributed by atoms with Gasteiger partial charge in [0.05, 0.1) is 6.61 Å². The first-order valence-electron chi connectivity index (χ1n) is 4.57. The van der Waals surface area contributed by atoms with Crippen LogP contribution in [0.3, 0.4) is 0 Å². The van der Waals surface area contributed by atoms with E-state index in [-0.39, 0.29) is 6.61 Å². The van der Waals surface area contributed by atoms with E-state index in [1.807, 2.05) is 12.1 Å². The van der Waals surface area contributed by atoms with E-state index < -0.39 is 0 Å². The van der Waals surface area contributed by atoms with Crippen molar-refractivity contribution in [2.24, 2.45) is 0 Å². The summed E-state index contributed by atoms with van der Waals surface area (Å²) in [7, 11) is 0. The smallest absolute Gasteiger partial charge is 0.0682 e. The van der Waals surface area contributed by atoms with Crippen LogP contribution in [0.2, 0.25) is 0 Å². The first-order chi connectivity index (χ1) is 6.40. The minimum atomic E-state index is 0.113. The van der Waals surface area contributed by atoms with Gasteiger partial charge in [0, 0.05) is 25.3 Å². The molecule has 1 aliphatic heterocycles. The summed E-state index contributed by atoms with van der Waals surface area (Å²) in [6.07, 6.45) is 0. The summed E-state index contributed by atoms with van der Waals surface area (Å²) in [5.74, 6) is 0. The number of aliphatic hydroxyl groups excluding tert-OH is 1. The summed E-state index contributed by atoms with van der Waals surface area (Å²) in [5, 5.41) is 15.6. The summed E-state index contributed by atoms with van der Waals surface area (Å²) in [4.78, 5) is 0. The molecule has 13 heavy (non-hydrogen) atoms. The van der Waals surface area contributed by atoms with Gasteiger partial charge >= 0.3 is 0 Å². The Kier molecular flexibility index (Phi) is 2.47. The molecule has 1 heterocycles. The van der Waals surface area contributed by atoms with Crippen LogP contribution in [0.4, 0.5) is 5.69 Å². The van der Waals surface area contributed by atoms with Crippen molar-refractivity contribution in [3.63, 3.8) is 0 Å². The largest absolute Gasteiger partial charge is 0.392 e. The standard InChI is InChI=1S/C10H14N2O/c13-7-8-1-2-9-6-11-3-4-12-10(9)5-8/h1-2,5,11-13H,3-4,6-7H2. The average Bonchev–Trinajstić information content (AvgIpc) is 2.41. The molecule has 0 saturated heterocycles. The fraction of sp³-hybridized carbons (Fsp3) is 0.400. The maximum absolute atomic E-state index is 8.97. The minimum Gasteiger partial charge on any atom is -0.392 e. The Bertz CT molecular complexity index is 299. The van der Waals surface area contributed by atoms with Crippen molar-refractivity contribution in [1.29, 1.82) is 0 Å². The van der Waals surface area contributed by atoms with Gasteiger partial charge in [0.15, 0.2) is 0 Å². The third-order valence-corrected chi connectivity index (χ3v) is 2.29. The van der Waals surface area contributed by atoms with E-state index in [4.69, 9.17) is 5.11 Å².